The molecule has 0 atom stereocenters. The van der Waals surface area contributed by atoms with Crippen molar-refractivity contribution in [1.82, 2.24) is 9.97 Å². The van der Waals surface area contributed by atoms with Crippen molar-refractivity contribution < 1.29 is 9.90 Å². The van der Waals surface area contributed by atoms with E-state index in [0.29, 0.717) is 5.82 Å². The molecule has 4 N–H and O–H groups in total. The summed E-state index contributed by atoms with van der Waals surface area (Å²) >= 11 is 0. The van der Waals surface area contributed by atoms with E-state index in [4.69, 9.17) is 10.8 Å². The van der Waals surface area contributed by atoms with Gasteiger partial charge in [0.25, 0.3) is 5.56 Å². The van der Waals surface area contributed by atoms with Gasteiger partial charge < -0.3 is 15.8 Å². The minimum atomic E-state index is -1.37. The Morgan fingerprint density at radius 3 is 2.67 bits per heavy atom. The van der Waals surface area contributed by atoms with Crippen molar-refractivity contribution in [3.8, 4) is 0 Å². The number of aromatic amines is 1. The number of anilines is 1. The third kappa shape index (κ3) is 1.26. The van der Waals surface area contributed by atoms with Crippen molar-refractivity contribution in [3.63, 3.8) is 0 Å². The SMILES string of the molecule is Cc1nc(N)c(C(=O)O)c(=O)[nH]1. The summed E-state index contributed by atoms with van der Waals surface area (Å²) in [6.07, 6.45) is 0. The van der Waals surface area contributed by atoms with Gasteiger partial charge in [-0.15, -0.1) is 0 Å². The van der Waals surface area contributed by atoms with Crippen LogP contribution in [-0.4, -0.2) is 21.0 Å². The Labute approximate surface area is 67.1 Å². The second kappa shape index (κ2) is 2.65. The van der Waals surface area contributed by atoms with Crippen LogP contribution in [-0.2, 0) is 0 Å². The summed E-state index contributed by atoms with van der Waals surface area (Å²) < 4.78 is 0. The molecule has 0 amide bonds. The number of nitrogen functional groups attached to an aromatic ring is 1. The Morgan fingerprint density at radius 1 is 1.67 bits per heavy atom. The molecule has 64 valence electrons. The molecule has 1 rings (SSSR count). The summed E-state index contributed by atoms with van der Waals surface area (Å²) in [5.74, 6) is -1.34. The molecule has 1 aromatic heterocycles. The van der Waals surface area contributed by atoms with Crippen molar-refractivity contribution in [3.05, 3.63) is 21.7 Å². The molecule has 1 heterocycles. The molecule has 0 aliphatic carbocycles. The standard InChI is InChI=1S/C6H7N3O3/c1-2-8-4(7)3(6(11)12)5(10)9-2/h1H3,(H,11,12)(H3,7,8,9,10). The third-order valence-electron chi connectivity index (χ3n) is 1.28. The van der Waals surface area contributed by atoms with E-state index in [0.717, 1.165) is 0 Å². The van der Waals surface area contributed by atoms with Gasteiger partial charge in [0.15, 0.2) is 5.56 Å². The molecule has 0 saturated carbocycles. The topological polar surface area (TPSA) is 109 Å². The number of aromatic nitrogens is 2. The molecule has 0 saturated heterocycles. The van der Waals surface area contributed by atoms with E-state index in [1.54, 1.807) is 0 Å². The Bertz CT molecular complexity index is 382. The van der Waals surface area contributed by atoms with Gasteiger partial charge in [0, 0.05) is 0 Å². The van der Waals surface area contributed by atoms with Crippen LogP contribution in [0.25, 0.3) is 0 Å². The molecule has 12 heavy (non-hydrogen) atoms. The van der Waals surface area contributed by atoms with Crippen LogP contribution in [0.3, 0.4) is 0 Å². The normalized spacial score (nSPS) is 9.75. The second-order valence-electron chi connectivity index (χ2n) is 2.22. The predicted molar refractivity (Wildman–Crippen MR) is 41.0 cm³/mol. The molecule has 6 heteroatoms. The van der Waals surface area contributed by atoms with Gasteiger partial charge >= 0.3 is 5.97 Å². The van der Waals surface area contributed by atoms with E-state index >= 15 is 0 Å². The Morgan fingerprint density at radius 2 is 2.25 bits per heavy atom. The van der Waals surface area contributed by atoms with Gasteiger partial charge in [0.05, 0.1) is 0 Å². The number of hydrogen-bond acceptors (Lipinski definition) is 4. The first kappa shape index (κ1) is 8.25. The number of H-pyrrole nitrogens is 1. The van der Waals surface area contributed by atoms with Crippen molar-refractivity contribution in [2.75, 3.05) is 5.73 Å². The molecule has 0 radical (unpaired) electrons. The van der Waals surface area contributed by atoms with Gasteiger partial charge in [-0.05, 0) is 6.92 Å². The first-order valence-corrected chi connectivity index (χ1v) is 3.12. The molecule has 1 aromatic rings. The number of hydrogen-bond donors (Lipinski definition) is 3. The monoisotopic (exact) mass is 169 g/mol. The van der Waals surface area contributed by atoms with E-state index in [1.165, 1.54) is 6.92 Å². The number of carboxylic acid groups (broad SMARTS) is 1. The first-order chi connectivity index (χ1) is 5.52. The highest BCUT2D eigenvalue weighted by atomic mass is 16.4. The number of rotatable bonds is 1. The highest BCUT2D eigenvalue weighted by Crippen LogP contribution is 2.00. The smallest absolute Gasteiger partial charge is 0.345 e. The Kier molecular flexibility index (Phi) is 1.82. The second-order valence-corrected chi connectivity index (χ2v) is 2.22. The number of aromatic carboxylic acids is 1. The first-order valence-electron chi connectivity index (χ1n) is 3.12. The van der Waals surface area contributed by atoms with Crippen LogP contribution in [0.1, 0.15) is 16.2 Å². The van der Waals surface area contributed by atoms with Gasteiger partial charge in [-0.1, -0.05) is 0 Å². The zero-order valence-electron chi connectivity index (χ0n) is 6.29. The molecule has 0 bridgehead atoms. The van der Waals surface area contributed by atoms with Gasteiger partial charge in [0.1, 0.15) is 11.6 Å². The lowest BCUT2D eigenvalue weighted by Gasteiger charge is -1.98. The van der Waals surface area contributed by atoms with Crippen LogP contribution in [0.4, 0.5) is 5.82 Å². The predicted octanol–water partition coefficient (Wildman–Crippen LogP) is -0.641. The maximum absolute atomic E-state index is 10.9. The van der Waals surface area contributed by atoms with E-state index in [-0.39, 0.29) is 5.82 Å². The van der Waals surface area contributed by atoms with Crippen LogP contribution in [0.2, 0.25) is 0 Å². The number of nitrogens with one attached hydrogen (secondary N) is 1. The van der Waals surface area contributed by atoms with Crippen LogP contribution >= 0.6 is 0 Å². The van der Waals surface area contributed by atoms with Gasteiger partial charge in [0.2, 0.25) is 0 Å². The Balaban J connectivity index is 3.49. The van der Waals surface area contributed by atoms with Gasteiger partial charge in [-0.3, -0.25) is 4.79 Å². The minimum absolute atomic E-state index is 0.260. The minimum Gasteiger partial charge on any atom is -0.477 e. The fraction of sp³-hybridized carbons (Fsp3) is 0.167. The number of aryl methyl sites for hydroxylation is 1. The summed E-state index contributed by atoms with van der Waals surface area (Å²) in [5.41, 5.74) is 3.97. The van der Waals surface area contributed by atoms with Crippen LogP contribution in [0.15, 0.2) is 4.79 Å². The van der Waals surface area contributed by atoms with Gasteiger partial charge in [-0.25, -0.2) is 9.78 Å². The number of nitrogens with two attached hydrogens (primary N) is 1. The van der Waals surface area contributed by atoms with Gasteiger partial charge in [-0.2, -0.15) is 0 Å². The van der Waals surface area contributed by atoms with E-state index < -0.39 is 17.1 Å². The van der Waals surface area contributed by atoms with E-state index in [1.807, 2.05) is 0 Å². The lowest BCUT2D eigenvalue weighted by atomic mass is 10.3. The third-order valence-corrected chi connectivity index (χ3v) is 1.28. The summed E-state index contributed by atoms with van der Waals surface area (Å²) in [6, 6.07) is 0. The largest absolute Gasteiger partial charge is 0.477 e. The van der Waals surface area contributed by atoms with Crippen LogP contribution < -0.4 is 11.3 Å². The average Bonchev–Trinajstić information content (AvgIpc) is 1.82. The molecular weight excluding hydrogens is 162 g/mol. The van der Waals surface area contributed by atoms with Crippen molar-refractivity contribution in [2.45, 2.75) is 6.92 Å². The van der Waals surface area contributed by atoms with E-state index in [2.05, 4.69) is 9.97 Å². The maximum atomic E-state index is 10.9. The van der Waals surface area contributed by atoms with Crippen molar-refractivity contribution in [2.24, 2.45) is 0 Å². The molecule has 0 spiro atoms. The molecule has 0 aromatic carbocycles. The molecule has 0 unspecified atom stereocenters. The highest BCUT2D eigenvalue weighted by molar-refractivity contribution is 5.91. The van der Waals surface area contributed by atoms with E-state index in [9.17, 15) is 9.59 Å². The highest BCUT2D eigenvalue weighted by Gasteiger charge is 2.14. The molecule has 0 aliphatic heterocycles. The lowest BCUT2D eigenvalue weighted by molar-refractivity contribution is 0.0695. The number of carboxylic acids is 1. The van der Waals surface area contributed by atoms with Crippen LogP contribution in [0, 0.1) is 6.92 Å². The quantitative estimate of drug-likeness (QED) is 0.518. The summed E-state index contributed by atoms with van der Waals surface area (Å²) in [5, 5.41) is 8.50. The molecule has 0 aliphatic rings. The zero-order valence-corrected chi connectivity index (χ0v) is 6.29. The summed E-state index contributed by atoms with van der Waals surface area (Å²) in [7, 11) is 0. The number of nitrogens with zero attached hydrogens (tertiary/aromatic N) is 1. The fourth-order valence-corrected chi connectivity index (χ4v) is 0.814. The van der Waals surface area contributed by atoms with Crippen molar-refractivity contribution >= 4 is 11.8 Å². The Hall–Kier alpha value is -1.85. The fourth-order valence-electron chi connectivity index (χ4n) is 0.814. The number of carbonyl (C=O) groups is 1. The molecule has 6 nitrogen and oxygen atoms in total. The zero-order chi connectivity index (χ0) is 9.30. The lowest BCUT2D eigenvalue weighted by Crippen LogP contribution is -2.22. The van der Waals surface area contributed by atoms with Crippen molar-refractivity contribution in [1.29, 1.82) is 0 Å². The van der Waals surface area contributed by atoms with Crippen LogP contribution in [0.5, 0.6) is 0 Å². The summed E-state index contributed by atoms with van der Waals surface area (Å²) in [4.78, 5) is 27.2. The molecule has 0 fully saturated rings. The molecular formula is C6H7N3O3. The summed E-state index contributed by atoms with van der Waals surface area (Å²) in [6.45, 7) is 1.52. The maximum Gasteiger partial charge on any atom is 0.345 e. The average molecular weight is 169 g/mol.